The fourth-order valence-corrected chi connectivity index (χ4v) is 2.96. The van der Waals surface area contributed by atoms with Gasteiger partial charge in [-0.1, -0.05) is 19.3 Å². The van der Waals surface area contributed by atoms with Crippen molar-refractivity contribution in [2.75, 3.05) is 5.32 Å². The highest BCUT2D eigenvalue weighted by atomic mass is 15.2. The lowest BCUT2D eigenvalue weighted by atomic mass is 9.95. The maximum atomic E-state index is 4.65. The van der Waals surface area contributed by atoms with E-state index in [0.717, 1.165) is 17.3 Å². The molecule has 0 unspecified atom stereocenters. The van der Waals surface area contributed by atoms with E-state index in [-0.39, 0.29) is 0 Å². The third kappa shape index (κ3) is 2.69. The molecule has 1 aliphatic rings. The van der Waals surface area contributed by atoms with Crippen LogP contribution in [0.2, 0.25) is 0 Å². The smallest absolute Gasteiger partial charge is 0.207 e. The molecule has 0 aromatic carbocycles. The highest BCUT2D eigenvalue weighted by molar-refractivity contribution is 5.57. The first-order chi connectivity index (χ1) is 9.74. The molecule has 0 radical (unpaired) electrons. The van der Waals surface area contributed by atoms with E-state index in [1.807, 2.05) is 18.5 Å². The van der Waals surface area contributed by atoms with Gasteiger partial charge in [0.2, 0.25) is 5.95 Å². The summed E-state index contributed by atoms with van der Waals surface area (Å²) in [6.07, 6.45) is 12.4. The Morgan fingerprint density at radius 3 is 2.75 bits per heavy atom. The molecule has 0 atom stereocenters. The van der Waals surface area contributed by atoms with Gasteiger partial charge in [0.25, 0.3) is 0 Å². The SMILES string of the molecule is Cc1cn(C2CCCCC2)c(Nc2cnccc2C)n1. The Hall–Kier alpha value is -1.84. The monoisotopic (exact) mass is 270 g/mol. The predicted octanol–water partition coefficient (Wildman–Crippen LogP) is 4.14. The molecule has 2 aromatic heterocycles. The molecule has 1 fully saturated rings. The van der Waals surface area contributed by atoms with Crippen molar-refractivity contribution in [1.82, 2.24) is 14.5 Å². The van der Waals surface area contributed by atoms with Crippen LogP contribution in [0.25, 0.3) is 0 Å². The second-order valence-electron chi connectivity index (χ2n) is 5.72. The van der Waals surface area contributed by atoms with Crippen molar-refractivity contribution in [2.24, 2.45) is 0 Å². The van der Waals surface area contributed by atoms with E-state index in [1.165, 1.54) is 37.7 Å². The van der Waals surface area contributed by atoms with Crippen LogP contribution < -0.4 is 5.32 Å². The van der Waals surface area contributed by atoms with Crippen LogP contribution in [0.3, 0.4) is 0 Å². The molecule has 106 valence electrons. The summed E-state index contributed by atoms with van der Waals surface area (Å²) in [5.41, 5.74) is 3.30. The van der Waals surface area contributed by atoms with Crippen LogP contribution in [0, 0.1) is 13.8 Å². The number of nitrogens with one attached hydrogen (secondary N) is 1. The number of nitrogens with zero attached hydrogens (tertiary/aromatic N) is 3. The topological polar surface area (TPSA) is 42.7 Å². The number of aryl methyl sites for hydroxylation is 2. The molecule has 1 N–H and O–H groups in total. The summed E-state index contributed by atoms with van der Waals surface area (Å²) in [6, 6.07) is 2.60. The van der Waals surface area contributed by atoms with Crippen LogP contribution in [-0.4, -0.2) is 14.5 Å². The van der Waals surface area contributed by atoms with E-state index in [2.05, 4.69) is 39.9 Å². The van der Waals surface area contributed by atoms with Gasteiger partial charge in [-0.15, -0.1) is 0 Å². The lowest BCUT2D eigenvalue weighted by Crippen LogP contribution is -2.14. The number of rotatable bonds is 3. The van der Waals surface area contributed by atoms with E-state index >= 15 is 0 Å². The largest absolute Gasteiger partial charge is 0.324 e. The molecular weight excluding hydrogens is 248 g/mol. The Morgan fingerprint density at radius 1 is 1.20 bits per heavy atom. The van der Waals surface area contributed by atoms with Gasteiger partial charge in [0.05, 0.1) is 17.6 Å². The molecular formula is C16H22N4. The maximum Gasteiger partial charge on any atom is 0.207 e. The van der Waals surface area contributed by atoms with E-state index in [1.54, 1.807) is 0 Å². The molecule has 4 nitrogen and oxygen atoms in total. The molecule has 0 spiro atoms. The third-order valence-corrected chi connectivity index (χ3v) is 4.11. The Balaban J connectivity index is 1.87. The lowest BCUT2D eigenvalue weighted by molar-refractivity contribution is 0.356. The van der Waals surface area contributed by atoms with Crippen molar-refractivity contribution in [3.8, 4) is 0 Å². The Kier molecular flexibility index (Phi) is 3.72. The minimum absolute atomic E-state index is 0.587. The first-order valence-corrected chi connectivity index (χ1v) is 7.47. The summed E-state index contributed by atoms with van der Waals surface area (Å²) in [6.45, 7) is 4.14. The summed E-state index contributed by atoms with van der Waals surface area (Å²) < 4.78 is 2.32. The zero-order valence-electron chi connectivity index (χ0n) is 12.3. The average molecular weight is 270 g/mol. The normalized spacial score (nSPS) is 16.3. The third-order valence-electron chi connectivity index (χ3n) is 4.11. The number of imidazole rings is 1. The zero-order valence-corrected chi connectivity index (χ0v) is 12.3. The van der Waals surface area contributed by atoms with Crippen molar-refractivity contribution in [3.05, 3.63) is 35.9 Å². The summed E-state index contributed by atoms with van der Waals surface area (Å²) in [5, 5.41) is 3.45. The van der Waals surface area contributed by atoms with Crippen LogP contribution in [0.5, 0.6) is 0 Å². The number of anilines is 2. The number of pyridine rings is 1. The fraction of sp³-hybridized carbons (Fsp3) is 0.500. The molecule has 20 heavy (non-hydrogen) atoms. The van der Waals surface area contributed by atoms with Crippen LogP contribution in [-0.2, 0) is 0 Å². The summed E-state index contributed by atoms with van der Waals surface area (Å²) in [5.74, 6) is 0.950. The Bertz CT molecular complexity index is 582. The van der Waals surface area contributed by atoms with Gasteiger partial charge in [-0.2, -0.15) is 0 Å². The van der Waals surface area contributed by atoms with Gasteiger partial charge in [0.15, 0.2) is 0 Å². The van der Waals surface area contributed by atoms with Crippen LogP contribution >= 0.6 is 0 Å². The minimum atomic E-state index is 0.587. The molecule has 3 rings (SSSR count). The van der Waals surface area contributed by atoms with Gasteiger partial charge in [0.1, 0.15) is 0 Å². The van der Waals surface area contributed by atoms with Gasteiger partial charge in [-0.05, 0) is 38.3 Å². The molecule has 0 amide bonds. The first-order valence-electron chi connectivity index (χ1n) is 7.47. The molecule has 0 aliphatic heterocycles. The van der Waals surface area contributed by atoms with Gasteiger partial charge in [-0.3, -0.25) is 4.98 Å². The molecule has 1 saturated carbocycles. The maximum absolute atomic E-state index is 4.65. The van der Waals surface area contributed by atoms with Gasteiger partial charge in [0, 0.05) is 18.4 Å². The van der Waals surface area contributed by atoms with Gasteiger partial charge >= 0.3 is 0 Å². The second kappa shape index (κ2) is 5.65. The van der Waals surface area contributed by atoms with Crippen LogP contribution in [0.4, 0.5) is 11.6 Å². The molecule has 0 saturated heterocycles. The van der Waals surface area contributed by atoms with Crippen molar-refractivity contribution in [1.29, 1.82) is 0 Å². The van der Waals surface area contributed by atoms with Crippen molar-refractivity contribution in [3.63, 3.8) is 0 Å². The molecule has 0 bridgehead atoms. The quantitative estimate of drug-likeness (QED) is 0.911. The predicted molar refractivity (Wildman–Crippen MR) is 81.3 cm³/mol. The lowest BCUT2D eigenvalue weighted by Gasteiger charge is -2.24. The highest BCUT2D eigenvalue weighted by Crippen LogP contribution is 2.31. The standard InChI is InChI=1S/C16H22N4/c1-12-8-9-17-10-15(12)19-16-18-13(2)11-20(16)14-6-4-3-5-7-14/h8-11,14H,3-7H2,1-2H3,(H,18,19). The van der Waals surface area contributed by atoms with Crippen molar-refractivity contribution in [2.45, 2.75) is 52.0 Å². The van der Waals surface area contributed by atoms with E-state index < -0.39 is 0 Å². The van der Waals surface area contributed by atoms with Crippen LogP contribution in [0.1, 0.15) is 49.4 Å². The Labute approximate surface area is 120 Å². The number of aromatic nitrogens is 3. The molecule has 2 heterocycles. The minimum Gasteiger partial charge on any atom is -0.324 e. The molecule has 1 aliphatic carbocycles. The highest BCUT2D eigenvalue weighted by Gasteiger charge is 2.19. The fourth-order valence-electron chi connectivity index (χ4n) is 2.96. The van der Waals surface area contributed by atoms with E-state index in [0.29, 0.717) is 6.04 Å². The summed E-state index contributed by atoms with van der Waals surface area (Å²) in [7, 11) is 0. The zero-order chi connectivity index (χ0) is 13.9. The summed E-state index contributed by atoms with van der Waals surface area (Å²) in [4.78, 5) is 8.84. The van der Waals surface area contributed by atoms with E-state index in [4.69, 9.17) is 0 Å². The Morgan fingerprint density at radius 2 is 2.00 bits per heavy atom. The van der Waals surface area contributed by atoms with Gasteiger partial charge < -0.3 is 9.88 Å². The van der Waals surface area contributed by atoms with Crippen molar-refractivity contribution < 1.29 is 0 Å². The van der Waals surface area contributed by atoms with E-state index in [9.17, 15) is 0 Å². The molecule has 4 heteroatoms. The van der Waals surface area contributed by atoms with Gasteiger partial charge in [-0.25, -0.2) is 4.98 Å². The number of hydrogen-bond acceptors (Lipinski definition) is 3. The van der Waals surface area contributed by atoms with Crippen molar-refractivity contribution >= 4 is 11.6 Å². The first kappa shape index (κ1) is 13.2. The number of hydrogen-bond donors (Lipinski definition) is 1. The summed E-state index contributed by atoms with van der Waals surface area (Å²) >= 11 is 0. The second-order valence-corrected chi connectivity index (χ2v) is 5.72. The van der Waals surface area contributed by atoms with Crippen LogP contribution in [0.15, 0.2) is 24.7 Å². The molecule has 2 aromatic rings. The average Bonchev–Trinajstić information content (AvgIpc) is 2.83.